The zero-order valence-corrected chi connectivity index (χ0v) is 16.8. The van der Waals surface area contributed by atoms with Gasteiger partial charge in [0, 0.05) is 16.8 Å². The largest absolute Gasteiger partial charge is 0.337 e. The van der Waals surface area contributed by atoms with Crippen LogP contribution in [0.1, 0.15) is 37.6 Å². The number of amides is 1. The van der Waals surface area contributed by atoms with Gasteiger partial charge in [-0.05, 0) is 48.2 Å². The number of hydrazine groups is 1. The number of anilines is 1. The Morgan fingerprint density at radius 2 is 2.04 bits per heavy atom. The predicted octanol–water partition coefficient (Wildman–Crippen LogP) is 3.32. The Morgan fingerprint density at radius 1 is 1.32 bits per heavy atom. The number of hydrogen-bond donors (Lipinski definition) is 2. The monoisotopic (exact) mass is 398 g/mol. The Hall–Kier alpha value is -2.82. The lowest BCUT2D eigenvalue weighted by atomic mass is 9.90. The molecule has 2 heterocycles. The molecule has 0 spiro atoms. The summed E-state index contributed by atoms with van der Waals surface area (Å²) in [5.41, 5.74) is 1.30. The van der Waals surface area contributed by atoms with E-state index in [1.165, 1.54) is 5.01 Å². The number of hydrogen-bond acceptors (Lipinski definition) is 6. The first-order valence-corrected chi connectivity index (χ1v) is 9.37. The van der Waals surface area contributed by atoms with Gasteiger partial charge in [0.05, 0.1) is 18.1 Å². The van der Waals surface area contributed by atoms with Gasteiger partial charge in [0.1, 0.15) is 0 Å². The lowest BCUT2D eigenvalue weighted by Crippen LogP contribution is -2.49. The molecule has 1 aromatic heterocycles. The summed E-state index contributed by atoms with van der Waals surface area (Å²) in [5.74, 6) is -0.199. The minimum Gasteiger partial charge on any atom is -0.337 e. The number of nitriles is 1. The summed E-state index contributed by atoms with van der Waals surface area (Å²) in [4.78, 5) is 16.8. The van der Waals surface area contributed by atoms with Crippen molar-refractivity contribution in [1.82, 2.24) is 20.6 Å². The van der Waals surface area contributed by atoms with Crippen LogP contribution in [0.2, 0.25) is 5.02 Å². The third-order valence-electron chi connectivity index (χ3n) is 4.23. The maximum absolute atomic E-state index is 12.7. The summed E-state index contributed by atoms with van der Waals surface area (Å²) in [5, 5.41) is 19.7. The molecule has 2 N–H and O–H groups in total. The number of carbonyl (C=O) groups is 1. The second-order valence-corrected chi connectivity index (χ2v) is 8.27. The lowest BCUT2D eigenvalue weighted by Gasteiger charge is -2.27. The van der Waals surface area contributed by atoms with Crippen molar-refractivity contribution in [2.24, 2.45) is 5.41 Å². The Bertz CT molecular complexity index is 859. The van der Waals surface area contributed by atoms with Gasteiger partial charge in [0.2, 0.25) is 12.5 Å². The van der Waals surface area contributed by atoms with Crippen LogP contribution in [0.3, 0.4) is 0 Å². The molecule has 1 fully saturated rings. The van der Waals surface area contributed by atoms with Gasteiger partial charge in [-0.15, -0.1) is 0 Å². The van der Waals surface area contributed by atoms with Crippen molar-refractivity contribution >= 4 is 23.2 Å². The predicted molar refractivity (Wildman–Crippen MR) is 108 cm³/mol. The molecule has 2 atom stereocenters. The number of rotatable bonds is 6. The molecule has 0 saturated carbocycles. The van der Waals surface area contributed by atoms with Gasteiger partial charge >= 0.3 is 0 Å². The van der Waals surface area contributed by atoms with E-state index in [2.05, 4.69) is 42.6 Å². The Morgan fingerprint density at radius 3 is 2.61 bits per heavy atom. The summed E-state index contributed by atoms with van der Waals surface area (Å²) in [7, 11) is 0. The number of nitrogens with one attached hydrogen (secondary N) is 2. The number of halogens is 1. The van der Waals surface area contributed by atoms with Crippen molar-refractivity contribution < 1.29 is 4.79 Å². The van der Waals surface area contributed by atoms with E-state index < -0.39 is 0 Å². The zero-order chi connectivity index (χ0) is 20.3. The minimum absolute atomic E-state index is 0.0313. The second kappa shape index (κ2) is 8.05. The molecule has 2 aromatic rings. The summed E-state index contributed by atoms with van der Waals surface area (Å²) < 4.78 is 0. The molecule has 146 valence electrons. The van der Waals surface area contributed by atoms with Crippen LogP contribution in [0.5, 0.6) is 0 Å². The Labute approximate surface area is 169 Å². The van der Waals surface area contributed by atoms with E-state index >= 15 is 0 Å². The van der Waals surface area contributed by atoms with Gasteiger partial charge in [0.15, 0.2) is 0 Å². The number of aromatic nitrogens is 1. The van der Waals surface area contributed by atoms with E-state index in [1.54, 1.807) is 41.7 Å². The third-order valence-corrected chi connectivity index (χ3v) is 4.48. The Balaban J connectivity index is 1.72. The van der Waals surface area contributed by atoms with Crippen LogP contribution in [-0.4, -0.2) is 28.4 Å². The van der Waals surface area contributed by atoms with Crippen molar-refractivity contribution in [1.29, 1.82) is 5.26 Å². The van der Waals surface area contributed by atoms with Crippen LogP contribution in [0.4, 0.5) is 5.69 Å². The first-order chi connectivity index (χ1) is 13.3. The van der Waals surface area contributed by atoms with Crippen molar-refractivity contribution in [2.45, 2.75) is 39.6 Å². The maximum Gasteiger partial charge on any atom is 0.252 e. The zero-order valence-electron chi connectivity index (χ0n) is 16.1. The van der Waals surface area contributed by atoms with E-state index in [0.717, 1.165) is 5.69 Å². The van der Waals surface area contributed by atoms with Gasteiger partial charge in [-0.25, -0.2) is 5.01 Å². The van der Waals surface area contributed by atoms with Gasteiger partial charge < -0.3 is 5.32 Å². The quantitative estimate of drug-likeness (QED) is 0.441. The molecule has 1 aliphatic rings. The fourth-order valence-corrected chi connectivity index (χ4v) is 3.08. The fraction of sp³-hybridized carbons (Fsp3) is 0.350. The highest BCUT2D eigenvalue weighted by Gasteiger charge is 2.47. The van der Waals surface area contributed by atoms with Crippen LogP contribution in [0.25, 0.3) is 0 Å². The van der Waals surface area contributed by atoms with Crippen LogP contribution >= 0.6 is 11.6 Å². The SMILES string of the molecule is CC(C)(C)CC(NC(=O)c1ccc(Cl)cc1)NC1N(C#N)N1c1cccnc1. The highest BCUT2D eigenvalue weighted by atomic mass is 35.5. The molecule has 1 aliphatic heterocycles. The lowest BCUT2D eigenvalue weighted by molar-refractivity contribution is 0.0914. The molecule has 28 heavy (non-hydrogen) atoms. The topological polar surface area (TPSA) is 83.8 Å². The number of benzene rings is 1. The minimum atomic E-state index is -0.341. The average molecular weight is 399 g/mol. The van der Waals surface area contributed by atoms with E-state index in [-0.39, 0.29) is 23.8 Å². The summed E-state index contributed by atoms with van der Waals surface area (Å²) in [6.07, 6.45) is 5.53. The molecule has 2 unspecified atom stereocenters. The van der Waals surface area contributed by atoms with Crippen molar-refractivity contribution in [3.8, 4) is 6.19 Å². The molecular weight excluding hydrogens is 376 g/mol. The summed E-state index contributed by atoms with van der Waals surface area (Å²) in [6, 6.07) is 10.4. The van der Waals surface area contributed by atoms with Gasteiger partial charge in [-0.3, -0.25) is 15.1 Å². The highest BCUT2D eigenvalue weighted by Crippen LogP contribution is 2.31. The van der Waals surface area contributed by atoms with E-state index in [1.807, 2.05) is 12.1 Å². The van der Waals surface area contributed by atoms with Crippen molar-refractivity contribution in [2.75, 3.05) is 5.01 Å². The molecule has 0 aliphatic carbocycles. The molecular formula is C20H23ClN6O. The molecule has 3 rings (SSSR count). The molecule has 1 aromatic carbocycles. The average Bonchev–Trinajstić information content (AvgIpc) is 3.34. The van der Waals surface area contributed by atoms with Crippen LogP contribution in [0, 0.1) is 16.9 Å². The van der Waals surface area contributed by atoms with Crippen molar-refractivity contribution in [3.05, 3.63) is 59.4 Å². The number of pyridine rings is 1. The Kier molecular flexibility index (Phi) is 5.73. The first-order valence-electron chi connectivity index (χ1n) is 8.99. The van der Waals surface area contributed by atoms with E-state index in [0.29, 0.717) is 17.0 Å². The molecule has 7 nitrogen and oxygen atoms in total. The van der Waals surface area contributed by atoms with Gasteiger partial charge in [-0.1, -0.05) is 32.4 Å². The molecule has 0 radical (unpaired) electrons. The third kappa shape index (κ3) is 4.91. The second-order valence-electron chi connectivity index (χ2n) is 7.84. The molecule has 1 saturated heterocycles. The van der Waals surface area contributed by atoms with Gasteiger partial charge in [-0.2, -0.15) is 10.3 Å². The van der Waals surface area contributed by atoms with E-state index in [9.17, 15) is 10.1 Å². The number of carbonyl (C=O) groups excluding carboxylic acids is 1. The summed E-state index contributed by atoms with van der Waals surface area (Å²) in [6.45, 7) is 6.30. The van der Waals surface area contributed by atoms with Gasteiger partial charge in [0.25, 0.3) is 5.91 Å². The fourth-order valence-electron chi connectivity index (χ4n) is 2.96. The van der Waals surface area contributed by atoms with Crippen molar-refractivity contribution in [3.63, 3.8) is 0 Å². The summed E-state index contributed by atoms with van der Waals surface area (Å²) >= 11 is 5.90. The van der Waals surface area contributed by atoms with Crippen LogP contribution in [0.15, 0.2) is 48.8 Å². The smallest absolute Gasteiger partial charge is 0.252 e. The molecule has 8 heteroatoms. The molecule has 1 amide bonds. The normalized spacial score (nSPS) is 17.0. The maximum atomic E-state index is 12.7. The highest BCUT2D eigenvalue weighted by molar-refractivity contribution is 6.30. The van der Waals surface area contributed by atoms with Crippen LogP contribution < -0.4 is 15.6 Å². The first kappa shape index (κ1) is 19.9. The molecule has 0 bridgehead atoms. The van der Waals surface area contributed by atoms with E-state index in [4.69, 9.17) is 11.6 Å². The van der Waals surface area contributed by atoms with Crippen LogP contribution in [-0.2, 0) is 0 Å². The number of nitrogens with zero attached hydrogens (tertiary/aromatic N) is 4. The standard InChI is InChI=1S/C20H23ClN6O/c1-20(2,3)11-17(24-18(28)14-6-8-15(21)9-7-14)25-19-26(13-22)27(19)16-5-4-10-23-12-16/h4-10,12,17,19,25H,11H2,1-3H3,(H,24,28).